The van der Waals surface area contributed by atoms with E-state index in [9.17, 15) is 8.42 Å². The number of aliphatic imine (C=N–C) groups is 1. The van der Waals surface area contributed by atoms with Crippen LogP contribution in [0.15, 0.2) is 52.4 Å². The molecule has 0 spiro atoms. The van der Waals surface area contributed by atoms with Crippen molar-refractivity contribution in [3.8, 4) is 0 Å². The minimum absolute atomic E-state index is 0.332. The van der Waals surface area contributed by atoms with E-state index in [2.05, 4.69) is 33.1 Å². The van der Waals surface area contributed by atoms with Crippen molar-refractivity contribution < 1.29 is 8.42 Å². The highest BCUT2D eigenvalue weighted by Gasteiger charge is 2.21. The van der Waals surface area contributed by atoms with Gasteiger partial charge in [0.15, 0.2) is 15.8 Å². The zero-order chi connectivity index (χ0) is 21.0. The summed E-state index contributed by atoms with van der Waals surface area (Å²) in [7, 11) is -1.39. The van der Waals surface area contributed by atoms with Gasteiger partial charge in [0.25, 0.3) is 0 Å². The van der Waals surface area contributed by atoms with Gasteiger partial charge in [0.05, 0.1) is 4.90 Å². The van der Waals surface area contributed by atoms with E-state index < -0.39 is 9.84 Å². The van der Waals surface area contributed by atoms with Crippen molar-refractivity contribution in [2.45, 2.75) is 18.4 Å². The Bertz CT molecular complexity index is 982. The molecule has 1 saturated heterocycles. The maximum atomic E-state index is 11.6. The molecule has 1 fully saturated rings. The summed E-state index contributed by atoms with van der Waals surface area (Å²) in [5.41, 5.74) is 3.42. The number of anilines is 1. The predicted molar refractivity (Wildman–Crippen MR) is 120 cm³/mol. The first kappa shape index (κ1) is 21.5. The second-order valence-corrected chi connectivity index (χ2v) is 9.67. The molecule has 29 heavy (non-hydrogen) atoms. The average molecular weight is 435 g/mol. The molecule has 1 N–H and O–H groups in total. The van der Waals surface area contributed by atoms with Crippen molar-refractivity contribution in [3.63, 3.8) is 0 Å². The first-order valence-corrected chi connectivity index (χ1v) is 11.8. The number of benzene rings is 2. The lowest BCUT2D eigenvalue weighted by Crippen LogP contribution is -2.52. The quantitative estimate of drug-likeness (QED) is 0.592. The van der Waals surface area contributed by atoms with Crippen LogP contribution in [0.1, 0.15) is 11.1 Å². The van der Waals surface area contributed by atoms with Crippen molar-refractivity contribution >= 4 is 33.1 Å². The van der Waals surface area contributed by atoms with Gasteiger partial charge in [0, 0.05) is 56.7 Å². The molecule has 1 heterocycles. The number of halogens is 1. The van der Waals surface area contributed by atoms with Crippen LogP contribution in [-0.2, 0) is 16.4 Å². The van der Waals surface area contributed by atoms with Crippen LogP contribution in [0.3, 0.4) is 0 Å². The molecule has 0 saturated carbocycles. The van der Waals surface area contributed by atoms with Gasteiger partial charge in [-0.25, -0.2) is 8.42 Å². The van der Waals surface area contributed by atoms with Crippen LogP contribution in [0.5, 0.6) is 0 Å². The van der Waals surface area contributed by atoms with Crippen molar-refractivity contribution in [3.05, 3.63) is 58.6 Å². The minimum atomic E-state index is -3.17. The summed E-state index contributed by atoms with van der Waals surface area (Å²) in [6.07, 6.45) is 1.21. The van der Waals surface area contributed by atoms with E-state index in [1.165, 1.54) is 17.5 Å². The number of piperazine rings is 1. The fourth-order valence-corrected chi connectivity index (χ4v) is 4.25. The van der Waals surface area contributed by atoms with Gasteiger partial charge in [-0.2, -0.15) is 0 Å². The molecule has 0 atom stereocenters. The standard InChI is InChI=1S/C21H27ClN4O2S/c1-16-4-7-18(22)14-20(16)25-10-12-26(13-11-25)21(23-2)24-15-17-5-8-19(9-6-17)29(3,27)28/h4-9,14H,10-13,15H2,1-3H3,(H,23,24). The van der Waals surface area contributed by atoms with Crippen LogP contribution >= 0.6 is 11.6 Å². The molecule has 0 aromatic heterocycles. The zero-order valence-electron chi connectivity index (χ0n) is 17.0. The van der Waals surface area contributed by atoms with Crippen LogP contribution in [0, 0.1) is 6.92 Å². The minimum Gasteiger partial charge on any atom is -0.368 e. The molecule has 0 amide bonds. The smallest absolute Gasteiger partial charge is 0.194 e. The molecular weight excluding hydrogens is 408 g/mol. The van der Waals surface area contributed by atoms with Gasteiger partial charge in [-0.3, -0.25) is 4.99 Å². The van der Waals surface area contributed by atoms with Crippen molar-refractivity contribution in [2.75, 3.05) is 44.4 Å². The second kappa shape index (κ2) is 9.05. The number of hydrogen-bond donors (Lipinski definition) is 1. The third-order valence-corrected chi connectivity index (χ3v) is 6.47. The van der Waals surface area contributed by atoms with E-state index >= 15 is 0 Å². The number of nitrogens with one attached hydrogen (secondary N) is 1. The first-order valence-electron chi connectivity index (χ1n) is 9.53. The van der Waals surface area contributed by atoms with Crippen molar-refractivity contribution in [2.24, 2.45) is 4.99 Å². The summed E-state index contributed by atoms with van der Waals surface area (Å²) in [6, 6.07) is 12.9. The summed E-state index contributed by atoms with van der Waals surface area (Å²) in [4.78, 5) is 9.33. The zero-order valence-corrected chi connectivity index (χ0v) is 18.6. The molecule has 0 aliphatic carbocycles. The molecule has 2 aromatic rings. The van der Waals surface area contributed by atoms with Gasteiger partial charge in [0.2, 0.25) is 0 Å². The van der Waals surface area contributed by atoms with E-state index in [4.69, 9.17) is 11.6 Å². The maximum Gasteiger partial charge on any atom is 0.194 e. The Kier molecular flexibility index (Phi) is 6.70. The largest absolute Gasteiger partial charge is 0.368 e. The summed E-state index contributed by atoms with van der Waals surface area (Å²) in [6.45, 7) is 6.20. The topological polar surface area (TPSA) is 65.0 Å². The summed E-state index contributed by atoms with van der Waals surface area (Å²) < 4.78 is 23.2. The van der Waals surface area contributed by atoms with Gasteiger partial charge in [-0.1, -0.05) is 29.8 Å². The molecule has 0 bridgehead atoms. The molecule has 1 aliphatic heterocycles. The number of nitrogens with zero attached hydrogens (tertiary/aromatic N) is 3. The van der Waals surface area contributed by atoms with Gasteiger partial charge in [0.1, 0.15) is 0 Å². The third-order valence-electron chi connectivity index (χ3n) is 5.11. The number of aryl methyl sites for hydroxylation is 1. The third kappa shape index (κ3) is 5.42. The predicted octanol–water partition coefficient (Wildman–Crippen LogP) is 2.95. The van der Waals surface area contributed by atoms with Crippen LogP contribution in [0.4, 0.5) is 5.69 Å². The Balaban J connectivity index is 1.57. The highest BCUT2D eigenvalue weighted by atomic mass is 35.5. The lowest BCUT2D eigenvalue weighted by Gasteiger charge is -2.38. The van der Waals surface area contributed by atoms with E-state index in [0.717, 1.165) is 42.7 Å². The molecule has 0 unspecified atom stereocenters. The van der Waals surface area contributed by atoms with E-state index in [0.29, 0.717) is 11.4 Å². The Morgan fingerprint density at radius 3 is 2.34 bits per heavy atom. The molecule has 6 nitrogen and oxygen atoms in total. The summed E-state index contributed by atoms with van der Waals surface area (Å²) >= 11 is 6.17. The monoisotopic (exact) mass is 434 g/mol. The van der Waals surface area contributed by atoms with Gasteiger partial charge >= 0.3 is 0 Å². The molecule has 8 heteroatoms. The van der Waals surface area contributed by atoms with Crippen molar-refractivity contribution in [1.82, 2.24) is 10.2 Å². The lowest BCUT2D eigenvalue weighted by atomic mass is 10.1. The second-order valence-electron chi connectivity index (χ2n) is 7.22. The molecule has 156 valence electrons. The summed E-state index contributed by atoms with van der Waals surface area (Å²) in [5.74, 6) is 0.847. The number of hydrogen-bond acceptors (Lipinski definition) is 4. The number of rotatable bonds is 4. The van der Waals surface area contributed by atoms with E-state index in [1.807, 2.05) is 24.3 Å². The Morgan fingerprint density at radius 2 is 1.76 bits per heavy atom. The van der Waals surface area contributed by atoms with E-state index in [-0.39, 0.29) is 0 Å². The van der Waals surface area contributed by atoms with Gasteiger partial charge in [-0.15, -0.1) is 0 Å². The van der Waals surface area contributed by atoms with Gasteiger partial charge < -0.3 is 15.1 Å². The van der Waals surface area contributed by atoms with Crippen LogP contribution in [-0.4, -0.2) is 58.8 Å². The van der Waals surface area contributed by atoms with Gasteiger partial charge in [-0.05, 0) is 42.3 Å². The van der Waals surface area contributed by atoms with Crippen LogP contribution in [0.2, 0.25) is 5.02 Å². The highest BCUT2D eigenvalue weighted by Crippen LogP contribution is 2.25. The molecule has 1 aliphatic rings. The highest BCUT2D eigenvalue weighted by molar-refractivity contribution is 7.90. The van der Waals surface area contributed by atoms with E-state index in [1.54, 1.807) is 19.2 Å². The Labute approximate surface area is 178 Å². The first-order chi connectivity index (χ1) is 13.8. The SMILES string of the molecule is CN=C(NCc1ccc(S(C)(=O)=O)cc1)N1CCN(c2cc(Cl)ccc2C)CC1. The summed E-state index contributed by atoms with van der Waals surface area (Å²) in [5, 5.41) is 4.13. The van der Waals surface area contributed by atoms with Crippen LogP contribution in [0.25, 0.3) is 0 Å². The fraction of sp³-hybridized carbons (Fsp3) is 0.381. The average Bonchev–Trinajstić information content (AvgIpc) is 2.70. The van der Waals surface area contributed by atoms with Crippen molar-refractivity contribution in [1.29, 1.82) is 0 Å². The molecule has 3 rings (SSSR count). The maximum absolute atomic E-state index is 11.6. The molecule has 0 radical (unpaired) electrons. The number of sulfone groups is 1. The Morgan fingerprint density at radius 1 is 1.10 bits per heavy atom. The fourth-order valence-electron chi connectivity index (χ4n) is 3.45. The Hall–Kier alpha value is -2.25. The number of guanidine groups is 1. The van der Waals surface area contributed by atoms with Crippen LogP contribution < -0.4 is 10.2 Å². The molecular formula is C21H27ClN4O2S. The molecule has 2 aromatic carbocycles. The lowest BCUT2D eigenvalue weighted by molar-refractivity contribution is 0.372. The normalized spacial score (nSPS) is 15.5.